The molecular weight excluding hydrogens is 192 g/mol. The zero-order valence-electron chi connectivity index (χ0n) is 9.91. The first kappa shape index (κ1) is 12.4. The van der Waals surface area contributed by atoms with Crippen molar-refractivity contribution in [3.8, 4) is 0 Å². The van der Waals surface area contributed by atoms with Gasteiger partial charge in [0.05, 0.1) is 0 Å². The van der Waals surface area contributed by atoms with Crippen LogP contribution in [0.4, 0.5) is 0 Å². The highest BCUT2D eigenvalue weighted by atomic mass is 16.3. The van der Waals surface area contributed by atoms with Gasteiger partial charge in [0.2, 0.25) is 0 Å². The van der Waals surface area contributed by atoms with E-state index in [-0.39, 0.29) is 29.6 Å². The van der Waals surface area contributed by atoms with E-state index in [2.05, 4.69) is 0 Å². The summed E-state index contributed by atoms with van der Waals surface area (Å²) in [6.07, 6.45) is 1.38. The molecule has 0 aromatic carbocycles. The minimum atomic E-state index is -0.514. The lowest BCUT2D eigenvalue weighted by Gasteiger charge is -2.49. The molecule has 0 saturated heterocycles. The quantitative estimate of drug-likeness (QED) is 0.717. The molecule has 0 aromatic heterocycles. The molecule has 0 spiro atoms. The van der Waals surface area contributed by atoms with Gasteiger partial charge in [-0.1, -0.05) is 27.7 Å². The van der Waals surface area contributed by atoms with E-state index in [0.29, 0.717) is 6.42 Å². The Morgan fingerprint density at radius 2 is 2.13 bits per heavy atom. The number of ketones is 1. The van der Waals surface area contributed by atoms with Crippen LogP contribution in [-0.2, 0) is 9.59 Å². The van der Waals surface area contributed by atoms with Crippen LogP contribution >= 0.6 is 0 Å². The summed E-state index contributed by atoms with van der Waals surface area (Å²) in [7, 11) is 0. The molecule has 0 amide bonds. The first-order valence-electron chi connectivity index (χ1n) is 5.35. The summed E-state index contributed by atoms with van der Waals surface area (Å²) >= 11 is 0. The highest BCUT2D eigenvalue weighted by Crippen LogP contribution is 2.50. The average molecular weight is 212 g/mol. The Kier molecular flexibility index (Phi) is 3.06. The van der Waals surface area contributed by atoms with Gasteiger partial charge in [-0.05, 0) is 10.8 Å². The second-order valence-electron chi connectivity index (χ2n) is 5.92. The summed E-state index contributed by atoms with van der Waals surface area (Å²) in [4.78, 5) is 22.7. The summed E-state index contributed by atoms with van der Waals surface area (Å²) in [5, 5.41) is 9.25. The molecule has 2 atom stereocenters. The number of carbonyl (C=O) groups excluding carboxylic acids is 2. The number of aldehydes is 1. The number of rotatable bonds is 4. The van der Waals surface area contributed by atoms with Crippen LogP contribution in [0.5, 0.6) is 0 Å². The van der Waals surface area contributed by atoms with Crippen LogP contribution in [0.2, 0.25) is 0 Å². The summed E-state index contributed by atoms with van der Waals surface area (Å²) in [5.74, 6) is -0.450. The molecule has 86 valence electrons. The van der Waals surface area contributed by atoms with E-state index in [9.17, 15) is 14.7 Å². The van der Waals surface area contributed by atoms with Crippen LogP contribution in [0.3, 0.4) is 0 Å². The predicted octanol–water partition coefficient (Wildman–Crippen LogP) is 1.44. The van der Waals surface area contributed by atoms with Gasteiger partial charge >= 0.3 is 0 Å². The third-order valence-electron chi connectivity index (χ3n) is 3.63. The first-order valence-corrected chi connectivity index (χ1v) is 5.35. The molecule has 0 bridgehead atoms. The zero-order valence-corrected chi connectivity index (χ0v) is 9.91. The molecule has 3 nitrogen and oxygen atoms in total. The largest absolute Gasteiger partial charge is 0.396 e. The van der Waals surface area contributed by atoms with Crippen molar-refractivity contribution in [1.82, 2.24) is 0 Å². The molecule has 2 unspecified atom stereocenters. The maximum atomic E-state index is 11.6. The van der Waals surface area contributed by atoms with Gasteiger partial charge in [-0.3, -0.25) is 4.79 Å². The fraction of sp³-hybridized carbons (Fsp3) is 0.833. The third kappa shape index (κ3) is 1.98. The van der Waals surface area contributed by atoms with Crippen LogP contribution in [0.1, 0.15) is 34.1 Å². The summed E-state index contributed by atoms with van der Waals surface area (Å²) in [6.45, 7) is 7.59. The van der Waals surface area contributed by atoms with Crippen molar-refractivity contribution in [2.45, 2.75) is 34.1 Å². The standard InChI is InChI=1S/C12H20O3/c1-11(2)5-9(15)10(11)8(6-13)12(3,4)7-14/h6,8,10,14H,5,7H2,1-4H3. The van der Waals surface area contributed by atoms with Crippen LogP contribution < -0.4 is 0 Å². The second kappa shape index (κ2) is 3.71. The highest BCUT2D eigenvalue weighted by Gasteiger charge is 2.53. The van der Waals surface area contributed by atoms with E-state index in [1.807, 2.05) is 27.7 Å². The molecule has 15 heavy (non-hydrogen) atoms. The van der Waals surface area contributed by atoms with Crippen LogP contribution in [0, 0.1) is 22.7 Å². The van der Waals surface area contributed by atoms with Gasteiger partial charge in [0.1, 0.15) is 12.1 Å². The van der Waals surface area contributed by atoms with E-state index in [0.717, 1.165) is 6.29 Å². The summed E-state index contributed by atoms with van der Waals surface area (Å²) in [5.41, 5.74) is -0.616. The van der Waals surface area contributed by atoms with Crippen molar-refractivity contribution in [1.29, 1.82) is 0 Å². The monoisotopic (exact) mass is 212 g/mol. The van der Waals surface area contributed by atoms with Crippen molar-refractivity contribution in [2.75, 3.05) is 6.61 Å². The normalized spacial score (nSPS) is 27.0. The van der Waals surface area contributed by atoms with Crippen molar-refractivity contribution in [3.63, 3.8) is 0 Å². The smallest absolute Gasteiger partial charge is 0.137 e. The number of aliphatic hydroxyl groups excluding tert-OH is 1. The van der Waals surface area contributed by atoms with Gasteiger partial charge in [-0.15, -0.1) is 0 Å². The molecule has 1 N–H and O–H groups in total. The Hall–Kier alpha value is -0.700. The van der Waals surface area contributed by atoms with Crippen molar-refractivity contribution in [3.05, 3.63) is 0 Å². The summed E-state index contributed by atoms with van der Waals surface area (Å²) in [6, 6.07) is 0. The van der Waals surface area contributed by atoms with Gasteiger partial charge in [-0.2, -0.15) is 0 Å². The van der Waals surface area contributed by atoms with E-state index >= 15 is 0 Å². The number of hydrogen-bond acceptors (Lipinski definition) is 3. The molecule has 3 heteroatoms. The van der Waals surface area contributed by atoms with Crippen LogP contribution in [0.25, 0.3) is 0 Å². The lowest BCUT2D eigenvalue weighted by molar-refractivity contribution is -0.153. The average Bonchev–Trinajstić information content (AvgIpc) is 2.12. The summed E-state index contributed by atoms with van der Waals surface area (Å²) < 4.78 is 0. The Morgan fingerprint density at radius 3 is 2.40 bits per heavy atom. The Balaban J connectivity index is 2.93. The third-order valence-corrected chi connectivity index (χ3v) is 3.63. The zero-order chi connectivity index (χ0) is 11.9. The van der Waals surface area contributed by atoms with Gasteiger partial charge in [-0.25, -0.2) is 0 Å². The Labute approximate surface area is 90.9 Å². The van der Waals surface area contributed by atoms with Gasteiger partial charge in [0, 0.05) is 24.9 Å². The maximum absolute atomic E-state index is 11.6. The number of aliphatic hydroxyl groups is 1. The molecule has 0 aliphatic heterocycles. The number of hydrogen-bond donors (Lipinski definition) is 1. The van der Waals surface area contributed by atoms with Crippen molar-refractivity contribution >= 4 is 12.1 Å². The first-order chi connectivity index (χ1) is 6.76. The van der Waals surface area contributed by atoms with E-state index in [1.165, 1.54) is 0 Å². The van der Waals surface area contributed by atoms with Crippen LogP contribution in [-0.4, -0.2) is 23.8 Å². The predicted molar refractivity (Wildman–Crippen MR) is 57.3 cm³/mol. The molecule has 1 fully saturated rings. The van der Waals surface area contributed by atoms with Crippen molar-refractivity contribution in [2.24, 2.45) is 22.7 Å². The molecule has 0 heterocycles. The van der Waals surface area contributed by atoms with Gasteiger partial charge in [0.15, 0.2) is 0 Å². The minimum Gasteiger partial charge on any atom is -0.396 e. The SMILES string of the molecule is CC(C)(CO)C(C=O)C1C(=O)CC1(C)C. The van der Waals surface area contributed by atoms with Gasteiger partial charge < -0.3 is 9.90 Å². The Bertz CT molecular complexity index is 279. The Morgan fingerprint density at radius 1 is 1.60 bits per heavy atom. The highest BCUT2D eigenvalue weighted by molar-refractivity contribution is 5.91. The maximum Gasteiger partial charge on any atom is 0.137 e. The molecule has 1 rings (SSSR count). The minimum absolute atomic E-state index is 0.0731. The molecule has 1 saturated carbocycles. The fourth-order valence-corrected chi connectivity index (χ4v) is 2.48. The fourth-order valence-electron chi connectivity index (χ4n) is 2.48. The number of carbonyl (C=O) groups is 2. The molecular formula is C12H20O3. The van der Waals surface area contributed by atoms with E-state index in [4.69, 9.17) is 0 Å². The van der Waals surface area contributed by atoms with E-state index < -0.39 is 5.41 Å². The lowest BCUT2D eigenvalue weighted by atomic mass is 9.53. The second-order valence-corrected chi connectivity index (χ2v) is 5.92. The van der Waals surface area contributed by atoms with Gasteiger partial charge in [0.25, 0.3) is 0 Å². The van der Waals surface area contributed by atoms with Crippen molar-refractivity contribution < 1.29 is 14.7 Å². The van der Waals surface area contributed by atoms with E-state index in [1.54, 1.807) is 0 Å². The topological polar surface area (TPSA) is 54.4 Å². The number of Topliss-reactive ketones (excluding diaryl/α,β-unsaturated/α-hetero) is 1. The lowest BCUT2D eigenvalue weighted by Crippen LogP contribution is -2.53. The molecule has 1 aliphatic carbocycles. The molecule has 1 aliphatic rings. The molecule has 0 radical (unpaired) electrons. The van der Waals surface area contributed by atoms with Crippen LogP contribution in [0.15, 0.2) is 0 Å². The molecule has 0 aromatic rings.